The van der Waals surface area contributed by atoms with E-state index >= 15 is 0 Å². The maximum Gasteiger partial charge on any atom is 0.331 e. The molecule has 2 heterocycles. The minimum atomic E-state index is -0.622. The summed E-state index contributed by atoms with van der Waals surface area (Å²) >= 11 is 0. The molecule has 0 bridgehead atoms. The number of aromatic nitrogens is 3. The molecule has 0 spiro atoms. The number of halogens is 1. The van der Waals surface area contributed by atoms with E-state index in [0.29, 0.717) is 11.4 Å². The third-order valence-corrected chi connectivity index (χ3v) is 4.05. The number of aromatic amines is 1. The van der Waals surface area contributed by atoms with Crippen LogP contribution in [0.1, 0.15) is 27.4 Å². The summed E-state index contributed by atoms with van der Waals surface area (Å²) in [4.78, 5) is 26.5. The van der Waals surface area contributed by atoms with Crippen molar-refractivity contribution in [1.82, 2.24) is 14.8 Å². The van der Waals surface area contributed by atoms with E-state index in [0.717, 1.165) is 16.9 Å². The van der Waals surface area contributed by atoms with Crippen molar-refractivity contribution in [3.05, 3.63) is 77.1 Å². The van der Waals surface area contributed by atoms with E-state index in [2.05, 4.69) is 10.1 Å². The van der Waals surface area contributed by atoms with Crippen LogP contribution in [0.3, 0.4) is 0 Å². The third kappa shape index (κ3) is 4.20. The van der Waals surface area contributed by atoms with Crippen molar-refractivity contribution in [2.75, 3.05) is 6.61 Å². The van der Waals surface area contributed by atoms with Gasteiger partial charge in [-0.05, 0) is 56.3 Å². The number of aryl methyl sites for hydroxylation is 1. The van der Waals surface area contributed by atoms with Crippen LogP contribution in [0.25, 0.3) is 11.8 Å². The van der Waals surface area contributed by atoms with E-state index in [1.807, 2.05) is 13.8 Å². The van der Waals surface area contributed by atoms with Crippen molar-refractivity contribution in [3.63, 3.8) is 0 Å². The average molecular weight is 367 g/mol. The van der Waals surface area contributed by atoms with E-state index < -0.39 is 5.97 Å². The number of ether oxygens (including phenoxy) is 1. The van der Waals surface area contributed by atoms with Crippen LogP contribution in [0.15, 0.2) is 48.7 Å². The molecule has 27 heavy (non-hydrogen) atoms. The molecule has 7 heteroatoms. The SMILES string of the molecule is Cc1nn(-c2ccc(F)cc2)c(C)c1/C=C/C(=O)OCC(=O)c1ccc[nH]1. The Bertz CT molecular complexity index is 986. The molecule has 0 aliphatic heterocycles. The van der Waals surface area contributed by atoms with E-state index in [-0.39, 0.29) is 18.2 Å². The van der Waals surface area contributed by atoms with E-state index in [4.69, 9.17) is 4.74 Å². The molecule has 0 fully saturated rings. The van der Waals surface area contributed by atoms with Crippen LogP contribution >= 0.6 is 0 Å². The molecule has 3 aromatic rings. The summed E-state index contributed by atoms with van der Waals surface area (Å²) < 4.78 is 19.7. The van der Waals surface area contributed by atoms with Crippen LogP contribution < -0.4 is 0 Å². The van der Waals surface area contributed by atoms with E-state index in [9.17, 15) is 14.0 Å². The molecule has 138 valence electrons. The van der Waals surface area contributed by atoms with Crippen molar-refractivity contribution in [2.45, 2.75) is 13.8 Å². The number of H-pyrrole nitrogens is 1. The lowest BCUT2D eigenvalue weighted by molar-refractivity contribution is -0.136. The van der Waals surface area contributed by atoms with Crippen molar-refractivity contribution >= 4 is 17.8 Å². The van der Waals surface area contributed by atoms with Crippen molar-refractivity contribution in [2.24, 2.45) is 0 Å². The number of nitrogens with zero attached hydrogens (tertiary/aromatic N) is 2. The Balaban J connectivity index is 1.68. The first-order valence-corrected chi connectivity index (χ1v) is 8.29. The monoisotopic (exact) mass is 367 g/mol. The molecule has 0 unspecified atom stereocenters. The van der Waals surface area contributed by atoms with Crippen LogP contribution in [-0.4, -0.2) is 33.1 Å². The Morgan fingerprint density at radius 2 is 1.96 bits per heavy atom. The lowest BCUT2D eigenvalue weighted by Crippen LogP contribution is -2.12. The Morgan fingerprint density at radius 1 is 1.22 bits per heavy atom. The lowest BCUT2D eigenvalue weighted by Gasteiger charge is -2.04. The smallest absolute Gasteiger partial charge is 0.331 e. The van der Waals surface area contributed by atoms with Gasteiger partial charge in [0.1, 0.15) is 5.82 Å². The summed E-state index contributed by atoms with van der Waals surface area (Å²) in [5, 5.41) is 4.43. The van der Waals surface area contributed by atoms with Gasteiger partial charge in [0.05, 0.1) is 17.1 Å². The van der Waals surface area contributed by atoms with Gasteiger partial charge in [0.25, 0.3) is 0 Å². The number of rotatable bonds is 6. The molecule has 0 saturated heterocycles. The van der Waals surface area contributed by atoms with Gasteiger partial charge in [-0.1, -0.05) is 0 Å². The number of esters is 1. The summed E-state index contributed by atoms with van der Waals surface area (Å²) in [6, 6.07) is 9.28. The van der Waals surface area contributed by atoms with Gasteiger partial charge in [0, 0.05) is 23.5 Å². The first-order valence-electron chi connectivity index (χ1n) is 8.29. The highest BCUT2D eigenvalue weighted by Crippen LogP contribution is 2.19. The van der Waals surface area contributed by atoms with Crippen molar-refractivity contribution < 1.29 is 18.7 Å². The Morgan fingerprint density at radius 3 is 2.63 bits per heavy atom. The first kappa shape index (κ1) is 18.3. The highest BCUT2D eigenvalue weighted by molar-refractivity contribution is 5.97. The van der Waals surface area contributed by atoms with Crippen LogP contribution in [0, 0.1) is 19.7 Å². The second kappa shape index (κ2) is 7.82. The van der Waals surface area contributed by atoms with E-state index in [1.165, 1.54) is 18.2 Å². The highest BCUT2D eigenvalue weighted by atomic mass is 19.1. The maximum absolute atomic E-state index is 13.1. The lowest BCUT2D eigenvalue weighted by atomic mass is 10.2. The molecular formula is C20H18FN3O3. The number of hydrogen-bond donors (Lipinski definition) is 1. The number of benzene rings is 1. The largest absolute Gasteiger partial charge is 0.454 e. The molecule has 6 nitrogen and oxygen atoms in total. The third-order valence-electron chi connectivity index (χ3n) is 4.05. The fraction of sp³-hybridized carbons (Fsp3) is 0.150. The zero-order valence-electron chi connectivity index (χ0n) is 14.9. The summed E-state index contributed by atoms with van der Waals surface area (Å²) in [6.07, 6.45) is 4.48. The molecule has 0 saturated carbocycles. The highest BCUT2D eigenvalue weighted by Gasteiger charge is 2.12. The second-order valence-electron chi connectivity index (χ2n) is 5.92. The van der Waals surface area contributed by atoms with Gasteiger partial charge in [-0.15, -0.1) is 0 Å². The second-order valence-corrected chi connectivity index (χ2v) is 5.92. The normalized spacial score (nSPS) is 11.1. The number of carbonyl (C=O) groups excluding carboxylic acids is 2. The van der Waals surface area contributed by atoms with Gasteiger partial charge in [-0.2, -0.15) is 5.10 Å². The Kier molecular flexibility index (Phi) is 5.30. The molecule has 0 amide bonds. The zero-order chi connectivity index (χ0) is 19.4. The molecule has 3 rings (SSSR count). The van der Waals surface area contributed by atoms with Crippen LogP contribution in [-0.2, 0) is 9.53 Å². The molecule has 0 aliphatic rings. The van der Waals surface area contributed by atoms with E-state index in [1.54, 1.807) is 41.2 Å². The van der Waals surface area contributed by atoms with Crippen LogP contribution in [0.4, 0.5) is 4.39 Å². The van der Waals surface area contributed by atoms with Gasteiger partial charge in [0.15, 0.2) is 6.61 Å². The summed E-state index contributed by atoms with van der Waals surface area (Å²) in [5.41, 5.74) is 3.37. The van der Waals surface area contributed by atoms with Crippen LogP contribution in [0.2, 0.25) is 0 Å². The summed E-state index contributed by atoms with van der Waals surface area (Å²) in [5.74, 6) is -1.25. The van der Waals surface area contributed by atoms with Gasteiger partial charge in [-0.3, -0.25) is 4.79 Å². The fourth-order valence-corrected chi connectivity index (χ4v) is 2.65. The maximum atomic E-state index is 13.1. The Hall–Kier alpha value is -3.48. The quantitative estimate of drug-likeness (QED) is 0.412. The fourth-order valence-electron chi connectivity index (χ4n) is 2.65. The molecule has 0 aliphatic carbocycles. The topological polar surface area (TPSA) is 77.0 Å². The van der Waals surface area contributed by atoms with Crippen LogP contribution in [0.5, 0.6) is 0 Å². The van der Waals surface area contributed by atoms with Gasteiger partial charge < -0.3 is 9.72 Å². The molecule has 1 aromatic carbocycles. The predicted octanol–water partition coefficient (Wildman–Crippen LogP) is 3.40. The standard InChI is InChI=1S/C20H18FN3O3/c1-13-17(14(2)24(23-13)16-7-5-15(21)6-8-16)9-10-20(26)27-12-19(25)18-4-3-11-22-18/h3-11,22H,12H2,1-2H3/b10-9+. The first-order chi connectivity index (χ1) is 13.0. The van der Waals surface area contributed by atoms with Gasteiger partial charge in [0.2, 0.25) is 5.78 Å². The summed E-state index contributed by atoms with van der Waals surface area (Å²) in [6.45, 7) is 3.33. The summed E-state index contributed by atoms with van der Waals surface area (Å²) in [7, 11) is 0. The number of nitrogens with one attached hydrogen (secondary N) is 1. The molecule has 0 radical (unpaired) electrons. The Labute approximate surface area is 155 Å². The number of carbonyl (C=O) groups is 2. The number of hydrogen-bond acceptors (Lipinski definition) is 4. The molecule has 2 aromatic heterocycles. The van der Waals surface area contributed by atoms with Crippen molar-refractivity contribution in [3.8, 4) is 5.69 Å². The molecule has 0 atom stereocenters. The number of Topliss-reactive ketones (excluding diaryl/α,β-unsaturated/α-hetero) is 1. The number of ketones is 1. The van der Waals surface area contributed by atoms with Gasteiger partial charge >= 0.3 is 5.97 Å². The minimum absolute atomic E-state index is 0.307. The van der Waals surface area contributed by atoms with Gasteiger partial charge in [-0.25, -0.2) is 13.9 Å². The molecular weight excluding hydrogens is 349 g/mol. The van der Waals surface area contributed by atoms with Crippen molar-refractivity contribution in [1.29, 1.82) is 0 Å². The minimum Gasteiger partial charge on any atom is -0.454 e. The molecule has 1 N–H and O–H groups in total. The predicted molar refractivity (Wildman–Crippen MR) is 98.1 cm³/mol. The zero-order valence-corrected chi connectivity index (χ0v) is 14.9. The average Bonchev–Trinajstić information content (AvgIpc) is 3.28.